The number of rotatable bonds is 4. The Balaban J connectivity index is 1.31. The summed E-state index contributed by atoms with van der Waals surface area (Å²) in [6.07, 6.45) is 0. The molecule has 1 aliphatic rings. The van der Waals surface area contributed by atoms with E-state index in [9.17, 15) is 0 Å². The molecule has 0 saturated carbocycles. The minimum atomic E-state index is 0.844. The van der Waals surface area contributed by atoms with Crippen molar-refractivity contribution in [2.75, 3.05) is 45.2 Å². The topological polar surface area (TPSA) is 74.3 Å². The number of nitrogens with one attached hydrogen (secondary N) is 3. The van der Waals surface area contributed by atoms with Gasteiger partial charge in [-0.05, 0) is 77.2 Å². The van der Waals surface area contributed by atoms with Crippen molar-refractivity contribution >= 4 is 50.3 Å². The second-order valence-electron chi connectivity index (χ2n) is 8.90. The maximum absolute atomic E-state index is 5.38. The lowest BCUT2D eigenvalue weighted by Gasteiger charge is -2.31. The Labute approximate surface area is 211 Å². The first kappa shape index (κ1) is 21.4. The first-order chi connectivity index (χ1) is 16.6. The molecule has 3 heterocycles. The maximum atomic E-state index is 5.38. The van der Waals surface area contributed by atoms with E-state index in [0.717, 1.165) is 67.3 Å². The van der Waals surface area contributed by atoms with Crippen molar-refractivity contribution < 1.29 is 9.64 Å². The molecule has 6 rings (SSSR count). The highest BCUT2D eigenvalue weighted by Gasteiger charge is 2.18. The number of aromatic nitrogens is 4. The van der Waals surface area contributed by atoms with Crippen LogP contribution < -0.4 is 14.5 Å². The minimum absolute atomic E-state index is 0.844. The minimum Gasteiger partial charge on any atom is -0.496 e. The first-order valence-corrected chi connectivity index (χ1v) is 12.6. The third kappa shape index (κ3) is 3.90. The summed E-state index contributed by atoms with van der Waals surface area (Å²) >= 11 is 2.28. The van der Waals surface area contributed by atoms with Crippen molar-refractivity contribution in [2.24, 2.45) is 0 Å². The molecule has 5 aromatic rings. The van der Waals surface area contributed by atoms with Gasteiger partial charge >= 0.3 is 0 Å². The van der Waals surface area contributed by atoms with Crippen LogP contribution in [0.2, 0.25) is 0 Å². The molecule has 0 radical (unpaired) electrons. The van der Waals surface area contributed by atoms with E-state index in [2.05, 4.69) is 80.9 Å². The molecule has 34 heavy (non-hydrogen) atoms. The molecule has 2 aromatic heterocycles. The van der Waals surface area contributed by atoms with Crippen LogP contribution in [-0.2, 0) is 0 Å². The molecule has 7 nitrogen and oxygen atoms in total. The molecular formula is C26H26IN6O+. The number of methoxy groups -OCH3 is 1. The number of benzene rings is 3. The van der Waals surface area contributed by atoms with Crippen LogP contribution in [-0.4, -0.2) is 60.3 Å². The van der Waals surface area contributed by atoms with Crippen LogP contribution in [0.4, 0.5) is 5.69 Å². The number of hydrogen-bond donors (Lipinski definition) is 3. The van der Waals surface area contributed by atoms with Crippen molar-refractivity contribution in [2.45, 2.75) is 0 Å². The summed E-state index contributed by atoms with van der Waals surface area (Å²) in [6, 6.07) is 18.8. The van der Waals surface area contributed by atoms with Crippen molar-refractivity contribution in [3.05, 3.63) is 58.2 Å². The van der Waals surface area contributed by atoms with Gasteiger partial charge in [0.05, 0.1) is 66.0 Å². The normalized spacial score (nSPS) is 14.9. The molecule has 0 unspecified atom stereocenters. The van der Waals surface area contributed by atoms with Crippen molar-refractivity contribution in [3.63, 3.8) is 0 Å². The number of hydrogen-bond acceptors (Lipinski definition) is 4. The van der Waals surface area contributed by atoms with Gasteiger partial charge in [0.1, 0.15) is 17.4 Å². The molecule has 1 aliphatic heterocycles. The zero-order valence-electron chi connectivity index (χ0n) is 19.2. The van der Waals surface area contributed by atoms with Gasteiger partial charge in [-0.3, -0.25) is 0 Å². The number of H-pyrrole nitrogens is 2. The van der Waals surface area contributed by atoms with Gasteiger partial charge in [0.2, 0.25) is 0 Å². The Morgan fingerprint density at radius 3 is 2.15 bits per heavy atom. The second-order valence-corrected chi connectivity index (χ2v) is 10.1. The Kier molecular flexibility index (Phi) is 5.41. The monoisotopic (exact) mass is 565 g/mol. The Morgan fingerprint density at radius 1 is 0.853 bits per heavy atom. The lowest BCUT2D eigenvalue weighted by molar-refractivity contribution is -0.880. The molecule has 0 amide bonds. The molecule has 0 bridgehead atoms. The SMILES string of the molecule is COc1ccc(-c2nc3ccc(-c4nc5ccc(N6CC[NH+](C)CC6)cc5[nH]4)cc3[nH]2)cc1I. The summed E-state index contributed by atoms with van der Waals surface area (Å²) in [5.41, 5.74) is 7.30. The number of nitrogens with zero attached hydrogens (tertiary/aromatic N) is 3. The number of fused-ring (bicyclic) bond motifs is 2. The summed E-state index contributed by atoms with van der Waals surface area (Å²) in [6.45, 7) is 4.52. The zero-order chi connectivity index (χ0) is 23.2. The fourth-order valence-corrected chi connectivity index (χ4v) is 5.32. The van der Waals surface area contributed by atoms with Gasteiger partial charge in [-0.2, -0.15) is 0 Å². The first-order valence-electron chi connectivity index (χ1n) is 11.5. The number of anilines is 1. The van der Waals surface area contributed by atoms with Crippen LogP contribution in [0.3, 0.4) is 0 Å². The Morgan fingerprint density at radius 2 is 1.47 bits per heavy atom. The van der Waals surface area contributed by atoms with Gasteiger partial charge in [0.15, 0.2) is 0 Å². The van der Waals surface area contributed by atoms with E-state index < -0.39 is 0 Å². The standard InChI is InChI=1S/C26H25IN6O/c1-32-9-11-33(12-10-32)18-5-7-21-23(15-18)31-26(29-21)17-3-6-20-22(14-17)30-25(28-20)16-4-8-24(34-2)19(27)13-16/h3-8,13-15H,9-12H2,1-2H3,(H,28,30)(H,29,31)/p+1. The predicted octanol–water partition coefficient (Wildman–Crippen LogP) is 3.72. The maximum Gasteiger partial charge on any atom is 0.138 e. The van der Waals surface area contributed by atoms with Crippen LogP contribution in [0.25, 0.3) is 44.8 Å². The molecule has 3 N–H and O–H groups in total. The largest absolute Gasteiger partial charge is 0.496 e. The van der Waals surface area contributed by atoms with Crippen LogP contribution >= 0.6 is 22.6 Å². The smallest absolute Gasteiger partial charge is 0.138 e. The van der Waals surface area contributed by atoms with Crippen molar-refractivity contribution in [3.8, 4) is 28.5 Å². The number of ether oxygens (including phenoxy) is 1. The van der Waals surface area contributed by atoms with E-state index >= 15 is 0 Å². The van der Waals surface area contributed by atoms with E-state index in [1.165, 1.54) is 18.8 Å². The lowest BCUT2D eigenvalue weighted by Crippen LogP contribution is -3.12. The molecule has 0 atom stereocenters. The van der Waals surface area contributed by atoms with E-state index in [-0.39, 0.29) is 0 Å². The number of halogens is 1. The van der Waals surface area contributed by atoms with Gasteiger partial charge in [0.25, 0.3) is 0 Å². The average molecular weight is 565 g/mol. The zero-order valence-corrected chi connectivity index (χ0v) is 21.3. The van der Waals surface area contributed by atoms with Gasteiger partial charge in [-0.25, -0.2) is 9.97 Å². The summed E-state index contributed by atoms with van der Waals surface area (Å²) in [5.74, 6) is 2.58. The van der Waals surface area contributed by atoms with E-state index in [1.807, 2.05) is 18.2 Å². The van der Waals surface area contributed by atoms with Gasteiger partial charge in [-0.1, -0.05) is 0 Å². The highest BCUT2D eigenvalue weighted by atomic mass is 127. The van der Waals surface area contributed by atoms with Crippen molar-refractivity contribution in [1.82, 2.24) is 19.9 Å². The third-order valence-corrected chi connectivity index (χ3v) is 7.47. The molecular weight excluding hydrogens is 539 g/mol. The van der Waals surface area contributed by atoms with Gasteiger partial charge in [-0.15, -0.1) is 0 Å². The summed E-state index contributed by atoms with van der Waals surface area (Å²) < 4.78 is 6.43. The quantitative estimate of drug-likeness (QED) is 0.291. The number of aromatic amines is 2. The number of piperazine rings is 1. The lowest BCUT2D eigenvalue weighted by atomic mass is 10.2. The summed E-state index contributed by atoms with van der Waals surface area (Å²) in [7, 11) is 3.95. The van der Waals surface area contributed by atoms with Crippen LogP contribution in [0.1, 0.15) is 0 Å². The highest BCUT2D eigenvalue weighted by Crippen LogP contribution is 2.30. The Hall–Kier alpha value is -3.11. The van der Waals surface area contributed by atoms with E-state index in [1.54, 1.807) is 12.0 Å². The van der Waals surface area contributed by atoms with Gasteiger partial charge < -0.3 is 24.5 Å². The molecule has 1 fully saturated rings. The van der Waals surface area contributed by atoms with E-state index in [0.29, 0.717) is 0 Å². The molecule has 172 valence electrons. The average Bonchev–Trinajstić information content (AvgIpc) is 3.47. The molecule has 0 aliphatic carbocycles. The molecule has 0 spiro atoms. The summed E-state index contributed by atoms with van der Waals surface area (Å²) in [5, 5.41) is 0. The third-order valence-electron chi connectivity index (χ3n) is 6.63. The fourth-order valence-electron chi connectivity index (χ4n) is 4.58. The van der Waals surface area contributed by atoms with Crippen molar-refractivity contribution in [1.29, 1.82) is 0 Å². The van der Waals surface area contributed by atoms with Crippen LogP contribution in [0, 0.1) is 3.57 Å². The fraction of sp³-hybridized carbons (Fsp3) is 0.231. The molecule has 1 saturated heterocycles. The van der Waals surface area contributed by atoms with Gasteiger partial charge in [0, 0.05) is 16.8 Å². The van der Waals surface area contributed by atoms with Crippen LogP contribution in [0.15, 0.2) is 54.6 Å². The summed E-state index contributed by atoms with van der Waals surface area (Å²) in [4.78, 5) is 20.7. The van der Waals surface area contributed by atoms with Crippen LogP contribution in [0.5, 0.6) is 5.75 Å². The molecule has 3 aromatic carbocycles. The second kappa shape index (κ2) is 8.59. The number of quaternary nitrogens is 1. The predicted molar refractivity (Wildman–Crippen MR) is 145 cm³/mol. The Bertz CT molecular complexity index is 1500. The number of likely N-dealkylation sites (N-methyl/N-ethyl adjacent to an activating group) is 1. The highest BCUT2D eigenvalue weighted by molar-refractivity contribution is 14.1. The molecule has 8 heteroatoms. The van der Waals surface area contributed by atoms with E-state index in [4.69, 9.17) is 14.7 Å². The number of imidazole rings is 2.